The molecule has 7 nitrogen and oxygen atoms in total. The Morgan fingerprint density at radius 2 is 1.92 bits per heavy atom. The van der Waals surface area contributed by atoms with Crippen molar-refractivity contribution in [2.45, 2.75) is 11.8 Å². The summed E-state index contributed by atoms with van der Waals surface area (Å²) in [7, 11) is -3.76. The molecule has 1 amide bonds. The second kappa shape index (κ2) is 6.71. The van der Waals surface area contributed by atoms with Gasteiger partial charge in [-0.05, 0) is 43.3 Å². The van der Waals surface area contributed by atoms with Crippen LogP contribution >= 0.6 is 11.3 Å². The molecular formula is C16H14N4O3S2. The molecule has 0 saturated heterocycles. The highest BCUT2D eigenvalue weighted by Gasteiger charge is 2.17. The van der Waals surface area contributed by atoms with E-state index in [1.54, 1.807) is 25.4 Å². The summed E-state index contributed by atoms with van der Waals surface area (Å²) >= 11 is 1.27. The van der Waals surface area contributed by atoms with E-state index in [0.717, 1.165) is 5.56 Å². The Morgan fingerprint density at radius 1 is 1.20 bits per heavy atom. The molecule has 1 aromatic carbocycles. The van der Waals surface area contributed by atoms with Crippen LogP contribution in [0.1, 0.15) is 15.4 Å². The molecule has 3 N–H and O–H groups in total. The van der Waals surface area contributed by atoms with Gasteiger partial charge in [0.2, 0.25) is 10.0 Å². The summed E-state index contributed by atoms with van der Waals surface area (Å²) in [4.78, 5) is 21.4. The molecule has 0 fully saturated rings. The number of aromatic nitrogens is 2. The second-order valence-corrected chi connectivity index (χ2v) is 7.76. The van der Waals surface area contributed by atoms with Gasteiger partial charge in [-0.1, -0.05) is 0 Å². The second-order valence-electron chi connectivity index (χ2n) is 5.20. The number of benzene rings is 1. The number of primary sulfonamides is 1. The largest absolute Gasteiger partial charge is 0.321 e. The molecule has 0 spiro atoms. The van der Waals surface area contributed by atoms with E-state index in [1.807, 2.05) is 6.07 Å². The Morgan fingerprint density at radius 3 is 2.52 bits per heavy atom. The van der Waals surface area contributed by atoms with Gasteiger partial charge in [0.05, 0.1) is 10.6 Å². The number of thiazole rings is 1. The summed E-state index contributed by atoms with van der Waals surface area (Å²) in [5.41, 5.74) is 1.92. The third kappa shape index (κ3) is 3.90. The average molecular weight is 374 g/mol. The molecule has 0 radical (unpaired) electrons. The summed E-state index contributed by atoms with van der Waals surface area (Å²) < 4.78 is 22.5. The highest BCUT2D eigenvalue weighted by molar-refractivity contribution is 7.89. The molecular weight excluding hydrogens is 360 g/mol. The number of nitrogens with zero attached hydrogens (tertiary/aromatic N) is 2. The molecule has 0 saturated carbocycles. The first-order valence-corrected chi connectivity index (χ1v) is 9.53. The molecule has 25 heavy (non-hydrogen) atoms. The van der Waals surface area contributed by atoms with Crippen LogP contribution in [0, 0.1) is 6.92 Å². The lowest BCUT2D eigenvalue weighted by atomic mass is 10.3. The SMILES string of the molecule is Cc1nc(-c2cccnc2)sc1C(=O)Nc1ccc(S(N)(=O)=O)cc1. The number of nitrogens with two attached hydrogens (primary N) is 1. The number of amides is 1. The van der Waals surface area contributed by atoms with Gasteiger partial charge >= 0.3 is 0 Å². The predicted molar refractivity (Wildman–Crippen MR) is 95.9 cm³/mol. The van der Waals surface area contributed by atoms with Crippen molar-refractivity contribution in [2.75, 3.05) is 5.32 Å². The number of pyridine rings is 1. The van der Waals surface area contributed by atoms with Crippen molar-refractivity contribution >= 4 is 33.0 Å². The zero-order valence-electron chi connectivity index (χ0n) is 13.1. The molecule has 0 atom stereocenters. The molecule has 0 aliphatic heterocycles. The molecule has 3 rings (SSSR count). The predicted octanol–water partition coefficient (Wildman–Crippen LogP) is 2.41. The highest BCUT2D eigenvalue weighted by atomic mass is 32.2. The number of carbonyl (C=O) groups is 1. The molecule has 2 heterocycles. The van der Waals surface area contributed by atoms with E-state index >= 15 is 0 Å². The van der Waals surface area contributed by atoms with Crippen molar-refractivity contribution in [3.05, 3.63) is 59.4 Å². The number of aryl methyl sites for hydroxylation is 1. The van der Waals surface area contributed by atoms with Crippen molar-refractivity contribution in [3.8, 4) is 10.6 Å². The molecule has 0 unspecified atom stereocenters. The monoisotopic (exact) mass is 374 g/mol. The lowest BCUT2D eigenvalue weighted by molar-refractivity contribution is 0.103. The van der Waals surface area contributed by atoms with Crippen molar-refractivity contribution in [1.29, 1.82) is 0 Å². The minimum absolute atomic E-state index is 0.0154. The van der Waals surface area contributed by atoms with E-state index in [1.165, 1.54) is 35.6 Å². The van der Waals surface area contributed by atoms with Crippen molar-refractivity contribution < 1.29 is 13.2 Å². The first-order valence-electron chi connectivity index (χ1n) is 7.16. The quantitative estimate of drug-likeness (QED) is 0.728. The van der Waals surface area contributed by atoms with Crippen LogP contribution < -0.4 is 10.5 Å². The summed E-state index contributed by atoms with van der Waals surface area (Å²) in [5.74, 6) is -0.312. The number of rotatable bonds is 4. The first-order chi connectivity index (χ1) is 11.8. The standard InChI is InChI=1S/C16H14N4O3S2/c1-10-14(24-16(19-10)11-3-2-8-18-9-11)15(21)20-12-4-6-13(7-5-12)25(17,22)23/h2-9H,1H3,(H,20,21)(H2,17,22,23). The molecule has 2 aromatic heterocycles. The van der Waals surface area contributed by atoms with E-state index in [2.05, 4.69) is 15.3 Å². The van der Waals surface area contributed by atoms with Crippen molar-refractivity contribution in [2.24, 2.45) is 5.14 Å². The van der Waals surface area contributed by atoms with Gasteiger partial charge in [-0.25, -0.2) is 18.5 Å². The summed E-state index contributed by atoms with van der Waals surface area (Å²) in [6, 6.07) is 9.32. The van der Waals surface area contributed by atoms with Crippen LogP contribution in [0.4, 0.5) is 5.69 Å². The van der Waals surface area contributed by atoms with E-state index in [0.29, 0.717) is 21.3 Å². The molecule has 3 aromatic rings. The van der Waals surface area contributed by atoms with Crippen LogP contribution in [-0.2, 0) is 10.0 Å². The minimum Gasteiger partial charge on any atom is -0.321 e. The van der Waals surface area contributed by atoms with E-state index < -0.39 is 10.0 Å². The Balaban J connectivity index is 1.81. The van der Waals surface area contributed by atoms with Gasteiger partial charge in [-0.3, -0.25) is 9.78 Å². The molecule has 0 aliphatic carbocycles. The molecule has 9 heteroatoms. The third-order valence-electron chi connectivity index (χ3n) is 3.35. The zero-order valence-corrected chi connectivity index (χ0v) is 14.8. The number of carbonyl (C=O) groups excluding carboxylic acids is 1. The summed E-state index contributed by atoms with van der Waals surface area (Å²) in [5, 5.41) is 8.48. The van der Waals surface area contributed by atoms with E-state index in [9.17, 15) is 13.2 Å². The summed E-state index contributed by atoms with van der Waals surface area (Å²) in [6.45, 7) is 1.76. The Hall–Kier alpha value is -2.62. The van der Waals surface area contributed by atoms with Gasteiger partial charge < -0.3 is 5.32 Å². The van der Waals surface area contributed by atoms with Gasteiger partial charge in [-0.2, -0.15) is 0 Å². The van der Waals surface area contributed by atoms with Crippen molar-refractivity contribution in [1.82, 2.24) is 9.97 Å². The van der Waals surface area contributed by atoms with Crippen LogP contribution in [0.25, 0.3) is 10.6 Å². The van der Waals surface area contributed by atoms with Crippen molar-refractivity contribution in [3.63, 3.8) is 0 Å². The number of hydrogen-bond donors (Lipinski definition) is 2. The van der Waals surface area contributed by atoms with Gasteiger partial charge in [-0.15, -0.1) is 11.3 Å². The topological polar surface area (TPSA) is 115 Å². The third-order valence-corrected chi connectivity index (χ3v) is 5.49. The van der Waals surface area contributed by atoms with E-state index in [4.69, 9.17) is 5.14 Å². The Kier molecular flexibility index (Phi) is 4.62. The van der Waals surface area contributed by atoms with E-state index in [-0.39, 0.29) is 10.8 Å². The lowest BCUT2D eigenvalue weighted by Crippen LogP contribution is -2.13. The van der Waals surface area contributed by atoms with Gasteiger partial charge in [0, 0.05) is 23.6 Å². The van der Waals surface area contributed by atoms with Crippen LogP contribution in [0.5, 0.6) is 0 Å². The Labute approximate surface area is 148 Å². The maximum Gasteiger partial charge on any atom is 0.267 e. The van der Waals surface area contributed by atoms with Gasteiger partial charge in [0.15, 0.2) is 0 Å². The van der Waals surface area contributed by atoms with Crippen LogP contribution in [0.2, 0.25) is 0 Å². The fraction of sp³-hybridized carbons (Fsp3) is 0.0625. The normalized spacial score (nSPS) is 11.3. The lowest BCUT2D eigenvalue weighted by Gasteiger charge is -2.05. The van der Waals surface area contributed by atoms with Crippen LogP contribution in [0.15, 0.2) is 53.7 Å². The number of hydrogen-bond acceptors (Lipinski definition) is 6. The minimum atomic E-state index is -3.76. The number of anilines is 1. The Bertz CT molecular complexity index is 1010. The van der Waals surface area contributed by atoms with Crippen LogP contribution in [-0.4, -0.2) is 24.3 Å². The molecule has 0 aliphatic rings. The van der Waals surface area contributed by atoms with Gasteiger partial charge in [0.1, 0.15) is 9.88 Å². The smallest absolute Gasteiger partial charge is 0.267 e. The first kappa shape index (κ1) is 17.2. The van der Waals surface area contributed by atoms with Crippen LogP contribution in [0.3, 0.4) is 0 Å². The fourth-order valence-electron chi connectivity index (χ4n) is 2.14. The number of sulfonamides is 1. The molecule has 128 valence electrons. The number of nitrogens with one attached hydrogen (secondary N) is 1. The zero-order chi connectivity index (χ0) is 18.0. The fourth-order valence-corrected chi connectivity index (χ4v) is 3.60. The maximum atomic E-state index is 12.5. The highest BCUT2D eigenvalue weighted by Crippen LogP contribution is 2.28. The summed E-state index contributed by atoms with van der Waals surface area (Å²) in [6.07, 6.45) is 3.36. The maximum absolute atomic E-state index is 12.5. The molecule has 0 bridgehead atoms. The average Bonchev–Trinajstić information content (AvgIpc) is 2.97. The van der Waals surface area contributed by atoms with Gasteiger partial charge in [0.25, 0.3) is 5.91 Å².